The molecular weight excluding hydrogens is 172 g/mol. The summed E-state index contributed by atoms with van der Waals surface area (Å²) in [5, 5.41) is 0. The van der Waals surface area contributed by atoms with Crippen molar-refractivity contribution in [2.45, 2.75) is 83.8 Å². The number of rotatable bonds is 9. The molecule has 1 nitrogen and oxygen atoms in total. The zero-order chi connectivity index (χ0) is 10.2. The van der Waals surface area contributed by atoms with Crippen LogP contribution >= 0.6 is 0 Å². The first kappa shape index (κ1) is 12.0. The van der Waals surface area contributed by atoms with E-state index < -0.39 is 0 Å². The summed E-state index contributed by atoms with van der Waals surface area (Å²) < 4.78 is 5.38. The molecule has 1 heteroatoms. The summed E-state index contributed by atoms with van der Waals surface area (Å²) in [6, 6.07) is 0. The van der Waals surface area contributed by atoms with Crippen LogP contribution in [0.2, 0.25) is 0 Å². The molecule has 0 radical (unpaired) electrons. The van der Waals surface area contributed by atoms with Gasteiger partial charge in [0, 0.05) is 0 Å². The van der Waals surface area contributed by atoms with Crippen molar-refractivity contribution in [2.24, 2.45) is 0 Å². The second-order valence-corrected chi connectivity index (χ2v) is 4.64. The van der Waals surface area contributed by atoms with Crippen molar-refractivity contribution in [1.82, 2.24) is 0 Å². The molecule has 1 aliphatic rings. The molecule has 0 aromatic carbocycles. The van der Waals surface area contributed by atoms with Crippen molar-refractivity contribution in [1.29, 1.82) is 0 Å². The fraction of sp³-hybridized carbons (Fsp3) is 1.00. The van der Waals surface area contributed by atoms with E-state index in [1.54, 1.807) is 0 Å². The van der Waals surface area contributed by atoms with E-state index in [0.717, 1.165) is 0 Å². The maximum absolute atomic E-state index is 5.38. The van der Waals surface area contributed by atoms with Gasteiger partial charge in [0.25, 0.3) is 0 Å². The van der Waals surface area contributed by atoms with Gasteiger partial charge in [-0.15, -0.1) is 0 Å². The summed E-state index contributed by atoms with van der Waals surface area (Å²) in [6.45, 7) is 4.45. The largest absolute Gasteiger partial charge is 0.370 e. The topological polar surface area (TPSA) is 12.5 Å². The Morgan fingerprint density at radius 1 is 0.857 bits per heavy atom. The lowest BCUT2D eigenvalue weighted by Gasteiger charge is -2.00. The maximum Gasteiger partial charge on any atom is 0.0839 e. The zero-order valence-corrected chi connectivity index (χ0v) is 9.93. The van der Waals surface area contributed by atoms with Gasteiger partial charge in [-0.3, -0.25) is 0 Å². The minimum Gasteiger partial charge on any atom is -0.370 e. The highest BCUT2D eigenvalue weighted by atomic mass is 16.6. The van der Waals surface area contributed by atoms with Crippen molar-refractivity contribution in [2.75, 3.05) is 0 Å². The molecule has 0 amide bonds. The first-order valence-electron chi connectivity index (χ1n) is 6.50. The van der Waals surface area contributed by atoms with Crippen molar-refractivity contribution in [3.63, 3.8) is 0 Å². The first-order valence-corrected chi connectivity index (χ1v) is 6.50. The van der Waals surface area contributed by atoms with Crippen LogP contribution in [0.1, 0.15) is 71.6 Å². The molecule has 84 valence electrons. The average Bonchev–Trinajstić information content (AvgIpc) is 2.87. The molecule has 14 heavy (non-hydrogen) atoms. The maximum atomic E-state index is 5.38. The Morgan fingerprint density at radius 2 is 1.36 bits per heavy atom. The van der Waals surface area contributed by atoms with Gasteiger partial charge in [-0.05, 0) is 13.3 Å². The van der Waals surface area contributed by atoms with E-state index in [4.69, 9.17) is 4.74 Å². The first-order chi connectivity index (χ1) is 6.84. The number of hydrogen-bond acceptors (Lipinski definition) is 1. The van der Waals surface area contributed by atoms with Crippen LogP contribution in [0.15, 0.2) is 0 Å². The molecule has 1 saturated heterocycles. The Morgan fingerprint density at radius 3 is 1.86 bits per heavy atom. The molecular formula is C13H26O. The Kier molecular flexibility index (Phi) is 6.25. The van der Waals surface area contributed by atoms with Crippen LogP contribution < -0.4 is 0 Å². The van der Waals surface area contributed by atoms with E-state index in [-0.39, 0.29) is 0 Å². The standard InChI is InChI=1S/C13H26O/c1-3-4-5-6-7-8-9-10-11-13-12(2)14-13/h12-13H,3-11H2,1-2H3. The fourth-order valence-corrected chi connectivity index (χ4v) is 2.01. The third kappa shape index (κ3) is 5.64. The molecule has 1 rings (SSSR count). The van der Waals surface area contributed by atoms with Crippen LogP contribution in [0.5, 0.6) is 0 Å². The monoisotopic (exact) mass is 198 g/mol. The zero-order valence-electron chi connectivity index (χ0n) is 9.93. The fourth-order valence-electron chi connectivity index (χ4n) is 2.01. The molecule has 0 aliphatic carbocycles. The van der Waals surface area contributed by atoms with E-state index in [0.29, 0.717) is 12.2 Å². The molecule has 2 atom stereocenters. The van der Waals surface area contributed by atoms with E-state index in [2.05, 4.69) is 13.8 Å². The van der Waals surface area contributed by atoms with Crippen LogP contribution in [-0.4, -0.2) is 12.2 Å². The number of hydrogen-bond donors (Lipinski definition) is 0. The van der Waals surface area contributed by atoms with Crippen LogP contribution in [0.4, 0.5) is 0 Å². The number of epoxide rings is 1. The van der Waals surface area contributed by atoms with E-state index in [1.807, 2.05) is 0 Å². The highest BCUT2D eigenvalue weighted by Crippen LogP contribution is 2.26. The highest BCUT2D eigenvalue weighted by molar-refractivity contribution is 4.79. The van der Waals surface area contributed by atoms with Crippen molar-refractivity contribution < 1.29 is 4.74 Å². The lowest BCUT2D eigenvalue weighted by molar-refractivity contribution is 0.364. The van der Waals surface area contributed by atoms with Gasteiger partial charge in [0.05, 0.1) is 12.2 Å². The summed E-state index contributed by atoms with van der Waals surface area (Å²) in [4.78, 5) is 0. The van der Waals surface area contributed by atoms with Gasteiger partial charge in [0.15, 0.2) is 0 Å². The van der Waals surface area contributed by atoms with Crippen molar-refractivity contribution in [3.8, 4) is 0 Å². The van der Waals surface area contributed by atoms with Crippen LogP contribution in [0, 0.1) is 0 Å². The minimum atomic E-state index is 0.569. The smallest absolute Gasteiger partial charge is 0.0839 e. The van der Waals surface area contributed by atoms with Crippen LogP contribution in [0.25, 0.3) is 0 Å². The molecule has 0 bridgehead atoms. The van der Waals surface area contributed by atoms with Crippen molar-refractivity contribution >= 4 is 0 Å². The van der Waals surface area contributed by atoms with Gasteiger partial charge in [-0.2, -0.15) is 0 Å². The van der Waals surface area contributed by atoms with E-state index in [1.165, 1.54) is 57.8 Å². The third-order valence-corrected chi connectivity index (χ3v) is 3.18. The van der Waals surface area contributed by atoms with Crippen molar-refractivity contribution in [3.05, 3.63) is 0 Å². The Bertz CT molecular complexity index is 133. The van der Waals surface area contributed by atoms with Crippen LogP contribution in [-0.2, 0) is 4.74 Å². The number of ether oxygens (including phenoxy) is 1. The van der Waals surface area contributed by atoms with Gasteiger partial charge in [0.1, 0.15) is 0 Å². The number of unbranched alkanes of at least 4 members (excludes halogenated alkanes) is 7. The summed E-state index contributed by atoms with van der Waals surface area (Å²) in [5.74, 6) is 0. The van der Waals surface area contributed by atoms with Gasteiger partial charge in [-0.25, -0.2) is 0 Å². The molecule has 0 aromatic rings. The molecule has 0 aromatic heterocycles. The average molecular weight is 198 g/mol. The lowest BCUT2D eigenvalue weighted by atomic mass is 10.1. The molecule has 2 unspecified atom stereocenters. The molecule has 1 heterocycles. The Hall–Kier alpha value is -0.0400. The van der Waals surface area contributed by atoms with E-state index >= 15 is 0 Å². The van der Waals surface area contributed by atoms with E-state index in [9.17, 15) is 0 Å². The molecule has 0 spiro atoms. The summed E-state index contributed by atoms with van der Waals surface area (Å²) >= 11 is 0. The Balaban J connectivity index is 1.68. The molecule has 1 fully saturated rings. The minimum absolute atomic E-state index is 0.569. The van der Waals surface area contributed by atoms with Crippen LogP contribution in [0.3, 0.4) is 0 Å². The second-order valence-electron chi connectivity index (χ2n) is 4.64. The molecule has 0 N–H and O–H groups in total. The third-order valence-electron chi connectivity index (χ3n) is 3.18. The SMILES string of the molecule is CCCCCCCCCCC1OC1C. The quantitative estimate of drug-likeness (QED) is 0.397. The highest BCUT2D eigenvalue weighted by Gasteiger charge is 2.32. The summed E-state index contributed by atoms with van der Waals surface area (Å²) in [7, 11) is 0. The second kappa shape index (κ2) is 7.28. The van der Waals surface area contributed by atoms with Gasteiger partial charge >= 0.3 is 0 Å². The Labute approximate surface area is 89.2 Å². The summed E-state index contributed by atoms with van der Waals surface area (Å²) in [6.07, 6.45) is 13.8. The lowest BCUT2D eigenvalue weighted by Crippen LogP contribution is -1.89. The molecule has 0 saturated carbocycles. The predicted molar refractivity (Wildman–Crippen MR) is 61.6 cm³/mol. The normalized spacial score (nSPS) is 25.3. The summed E-state index contributed by atoms with van der Waals surface area (Å²) in [5.41, 5.74) is 0. The predicted octanol–water partition coefficient (Wildman–Crippen LogP) is 4.30. The van der Waals surface area contributed by atoms with Gasteiger partial charge < -0.3 is 4.74 Å². The van der Waals surface area contributed by atoms with Gasteiger partial charge in [-0.1, -0.05) is 58.3 Å². The van der Waals surface area contributed by atoms with Gasteiger partial charge in [0.2, 0.25) is 0 Å². The molecule has 1 aliphatic heterocycles.